The standard InChI is InChI=1S/C44H79NO12S3/c1-7-10-12-14-16-18-32-59-37(5)43(50)56-30-27-53-40(47)21-23-45(25-34-58-35-36(4)42(49)55-29-26-52-39(46)20-9-3)24-22-41(48)54-28-31-57-44(51)38(6)60-33-19-17-15-13-11-8-2/h36-38H,7-35H2,1-6H3. The minimum Gasteiger partial charge on any atom is -0.462 e. The molecule has 60 heavy (non-hydrogen) atoms. The first-order chi connectivity index (χ1) is 28.9. The molecule has 350 valence electrons. The number of hydrogen-bond acceptors (Lipinski definition) is 16. The van der Waals surface area contributed by atoms with Gasteiger partial charge < -0.3 is 33.3 Å². The fourth-order valence-electron chi connectivity index (χ4n) is 5.47. The predicted molar refractivity (Wildman–Crippen MR) is 243 cm³/mol. The van der Waals surface area contributed by atoms with Crippen LogP contribution in [0.1, 0.15) is 144 Å². The Bertz CT molecular complexity index is 1090. The second kappa shape index (κ2) is 40.9. The van der Waals surface area contributed by atoms with Crippen LogP contribution in [-0.4, -0.2) is 134 Å². The third-order valence-corrected chi connectivity index (χ3v) is 12.8. The maximum absolute atomic E-state index is 12.6. The lowest BCUT2D eigenvalue weighted by atomic mass is 10.1. The first kappa shape index (κ1) is 57.8. The largest absolute Gasteiger partial charge is 0.462 e. The molecular weight excluding hydrogens is 831 g/mol. The van der Waals surface area contributed by atoms with Crippen LogP contribution in [0.15, 0.2) is 0 Å². The van der Waals surface area contributed by atoms with Crippen LogP contribution in [0.4, 0.5) is 0 Å². The molecule has 0 aliphatic rings. The Morgan fingerprint density at radius 1 is 0.433 bits per heavy atom. The van der Waals surface area contributed by atoms with Gasteiger partial charge in [-0.05, 0) is 44.6 Å². The Labute approximate surface area is 374 Å². The number of unbranched alkanes of at least 4 members (excludes halogenated alkanes) is 10. The summed E-state index contributed by atoms with van der Waals surface area (Å²) in [4.78, 5) is 75.7. The highest BCUT2D eigenvalue weighted by Crippen LogP contribution is 2.17. The highest BCUT2D eigenvalue weighted by Gasteiger charge is 2.19. The Morgan fingerprint density at radius 3 is 1.25 bits per heavy atom. The Kier molecular flexibility index (Phi) is 39.4. The molecule has 3 unspecified atom stereocenters. The van der Waals surface area contributed by atoms with Gasteiger partial charge in [-0.1, -0.05) is 91.9 Å². The summed E-state index contributed by atoms with van der Waals surface area (Å²) in [5.74, 6) is 0.304. The summed E-state index contributed by atoms with van der Waals surface area (Å²) in [6, 6.07) is 0. The van der Waals surface area contributed by atoms with Gasteiger partial charge in [0.15, 0.2) is 0 Å². The molecular formula is C44H79NO12S3. The highest BCUT2D eigenvalue weighted by molar-refractivity contribution is 8.00. The minimum atomic E-state index is -0.449. The lowest BCUT2D eigenvalue weighted by molar-refractivity contribution is -0.154. The van der Waals surface area contributed by atoms with Crippen molar-refractivity contribution in [1.82, 2.24) is 4.90 Å². The molecule has 0 spiro atoms. The van der Waals surface area contributed by atoms with E-state index in [1.807, 2.05) is 25.7 Å². The monoisotopic (exact) mass is 909 g/mol. The minimum absolute atomic E-state index is 0.00311. The zero-order valence-corrected chi connectivity index (χ0v) is 40.3. The molecule has 0 amide bonds. The van der Waals surface area contributed by atoms with E-state index in [2.05, 4.69) is 13.8 Å². The maximum Gasteiger partial charge on any atom is 0.318 e. The van der Waals surface area contributed by atoms with E-state index < -0.39 is 11.9 Å². The van der Waals surface area contributed by atoms with Gasteiger partial charge in [-0.25, -0.2) is 0 Å². The van der Waals surface area contributed by atoms with Gasteiger partial charge in [-0.3, -0.25) is 28.8 Å². The molecule has 0 aliphatic heterocycles. The van der Waals surface area contributed by atoms with Crippen molar-refractivity contribution in [3.63, 3.8) is 0 Å². The van der Waals surface area contributed by atoms with Crippen LogP contribution in [0.3, 0.4) is 0 Å². The van der Waals surface area contributed by atoms with Crippen LogP contribution in [0.5, 0.6) is 0 Å². The summed E-state index contributed by atoms with van der Waals surface area (Å²) < 4.78 is 31.5. The molecule has 0 fully saturated rings. The van der Waals surface area contributed by atoms with Crippen molar-refractivity contribution in [2.45, 2.75) is 155 Å². The van der Waals surface area contributed by atoms with Gasteiger partial charge in [0.05, 0.1) is 29.3 Å². The quantitative estimate of drug-likeness (QED) is 0.0326. The zero-order valence-electron chi connectivity index (χ0n) is 37.8. The van der Waals surface area contributed by atoms with Crippen molar-refractivity contribution < 1.29 is 57.2 Å². The number of esters is 6. The van der Waals surface area contributed by atoms with Crippen LogP contribution < -0.4 is 0 Å². The number of carbonyl (C=O) groups is 6. The number of rotatable bonds is 41. The van der Waals surface area contributed by atoms with Gasteiger partial charge in [0.25, 0.3) is 0 Å². The van der Waals surface area contributed by atoms with E-state index in [9.17, 15) is 28.8 Å². The van der Waals surface area contributed by atoms with Crippen molar-refractivity contribution >= 4 is 71.1 Å². The lowest BCUT2D eigenvalue weighted by Gasteiger charge is -2.22. The fourth-order valence-corrected chi connectivity index (χ4v) is 8.37. The van der Waals surface area contributed by atoms with Gasteiger partial charge in [-0.15, -0.1) is 23.5 Å². The molecule has 0 aliphatic carbocycles. The smallest absolute Gasteiger partial charge is 0.318 e. The topological polar surface area (TPSA) is 161 Å². The molecule has 0 saturated heterocycles. The molecule has 0 rings (SSSR count). The van der Waals surface area contributed by atoms with E-state index in [0.717, 1.165) is 24.3 Å². The number of carbonyl (C=O) groups excluding carboxylic acids is 6. The molecule has 13 nitrogen and oxygen atoms in total. The van der Waals surface area contributed by atoms with Crippen LogP contribution in [0, 0.1) is 5.92 Å². The number of hydrogen-bond donors (Lipinski definition) is 0. The molecule has 0 aromatic heterocycles. The van der Waals surface area contributed by atoms with E-state index in [-0.39, 0.29) is 92.8 Å². The molecule has 0 aromatic carbocycles. The van der Waals surface area contributed by atoms with Crippen molar-refractivity contribution in [3.8, 4) is 0 Å². The average Bonchev–Trinajstić information content (AvgIpc) is 3.23. The molecule has 16 heteroatoms. The van der Waals surface area contributed by atoms with Crippen LogP contribution >= 0.6 is 35.3 Å². The fraction of sp³-hybridized carbons (Fsp3) is 0.864. The second-order valence-corrected chi connectivity index (χ2v) is 18.8. The van der Waals surface area contributed by atoms with Gasteiger partial charge in [0.1, 0.15) is 39.6 Å². The highest BCUT2D eigenvalue weighted by atomic mass is 32.2. The van der Waals surface area contributed by atoms with Crippen molar-refractivity contribution in [3.05, 3.63) is 0 Å². The first-order valence-corrected chi connectivity index (χ1v) is 25.7. The van der Waals surface area contributed by atoms with E-state index in [1.165, 1.54) is 76.0 Å². The number of nitrogens with zero attached hydrogens (tertiary/aromatic N) is 1. The van der Waals surface area contributed by atoms with E-state index >= 15 is 0 Å². The van der Waals surface area contributed by atoms with Gasteiger partial charge in [0.2, 0.25) is 0 Å². The summed E-state index contributed by atoms with van der Waals surface area (Å²) in [5, 5.41) is -0.570. The Morgan fingerprint density at radius 2 is 0.817 bits per heavy atom. The van der Waals surface area contributed by atoms with Crippen LogP contribution in [-0.2, 0) is 57.2 Å². The molecule has 0 N–H and O–H groups in total. The average molecular weight is 910 g/mol. The third-order valence-electron chi connectivity index (χ3n) is 9.21. The van der Waals surface area contributed by atoms with Gasteiger partial charge in [-0.2, -0.15) is 11.8 Å². The molecule has 0 bridgehead atoms. The summed E-state index contributed by atoms with van der Waals surface area (Å²) in [5.41, 5.74) is 0. The maximum atomic E-state index is 12.6. The van der Waals surface area contributed by atoms with Gasteiger partial charge in [0, 0.05) is 37.6 Å². The Balaban J connectivity index is 4.71. The van der Waals surface area contributed by atoms with E-state index in [4.69, 9.17) is 28.4 Å². The SMILES string of the molecule is CCCCCCCCSC(C)C(=O)OCCOC(=O)CCN(CCSCC(C)C(=O)OCCOC(=O)CCC)CCC(=O)OCCOC(=O)C(C)SCCCCCCCC. The summed E-state index contributed by atoms with van der Waals surface area (Å²) in [6.07, 6.45) is 15.5. The lowest BCUT2D eigenvalue weighted by Crippen LogP contribution is -2.32. The van der Waals surface area contributed by atoms with E-state index in [1.54, 1.807) is 30.4 Å². The Hall–Kier alpha value is -2.17. The van der Waals surface area contributed by atoms with Gasteiger partial charge >= 0.3 is 35.8 Å². The summed E-state index contributed by atoms with van der Waals surface area (Å²) in [7, 11) is 0. The van der Waals surface area contributed by atoms with E-state index in [0.29, 0.717) is 44.0 Å². The number of ether oxygens (including phenoxy) is 6. The zero-order chi connectivity index (χ0) is 44.6. The second-order valence-electron chi connectivity index (χ2n) is 14.8. The summed E-state index contributed by atoms with van der Waals surface area (Å²) >= 11 is 4.70. The molecule has 0 aromatic rings. The summed E-state index contributed by atoms with van der Waals surface area (Å²) in [6.45, 7) is 12.8. The van der Waals surface area contributed by atoms with Crippen molar-refractivity contribution in [2.75, 3.05) is 82.3 Å². The van der Waals surface area contributed by atoms with Crippen molar-refractivity contribution in [1.29, 1.82) is 0 Å². The predicted octanol–water partition coefficient (Wildman–Crippen LogP) is 8.46. The first-order valence-electron chi connectivity index (χ1n) is 22.4. The normalized spacial score (nSPS) is 12.7. The van der Waals surface area contributed by atoms with Crippen LogP contribution in [0.2, 0.25) is 0 Å². The number of thioether (sulfide) groups is 3. The molecule has 0 radical (unpaired) electrons. The molecule has 0 saturated carbocycles. The van der Waals surface area contributed by atoms with Crippen molar-refractivity contribution in [2.24, 2.45) is 5.92 Å². The van der Waals surface area contributed by atoms with Crippen LogP contribution in [0.25, 0.3) is 0 Å². The molecule has 0 heterocycles. The molecule has 3 atom stereocenters. The third kappa shape index (κ3) is 35.4.